The molecule has 2 heterocycles. The Hall–Kier alpha value is -1.87. The van der Waals surface area contributed by atoms with E-state index >= 15 is 0 Å². The van der Waals surface area contributed by atoms with E-state index in [1.54, 1.807) is 6.20 Å². The molecule has 1 saturated heterocycles. The number of anilines is 1. The maximum absolute atomic E-state index is 9.18. The third-order valence-electron chi connectivity index (χ3n) is 3.79. The average Bonchev–Trinajstić information content (AvgIpc) is 2.98. The molecule has 1 aromatic heterocycles. The number of aliphatic hydroxyl groups excluding tert-OH is 1. The fourth-order valence-corrected chi connectivity index (χ4v) is 2.73. The average molecular weight is 254 g/mol. The summed E-state index contributed by atoms with van der Waals surface area (Å²) in [5.74, 6) is 0.596. The van der Waals surface area contributed by atoms with Gasteiger partial charge in [-0.1, -0.05) is 30.3 Å². The Kier molecular flexibility index (Phi) is 3.47. The van der Waals surface area contributed by atoms with E-state index in [0.717, 1.165) is 24.3 Å². The van der Waals surface area contributed by atoms with Crippen molar-refractivity contribution < 1.29 is 5.11 Å². The quantitative estimate of drug-likeness (QED) is 0.914. The van der Waals surface area contributed by atoms with Crippen molar-refractivity contribution in [3.63, 3.8) is 0 Å². The molecule has 3 heteroatoms. The molecule has 0 spiro atoms. The van der Waals surface area contributed by atoms with Crippen molar-refractivity contribution >= 4 is 5.69 Å². The molecule has 2 aromatic rings. The third-order valence-corrected chi connectivity index (χ3v) is 3.79. The van der Waals surface area contributed by atoms with Crippen molar-refractivity contribution in [1.82, 2.24) is 4.98 Å². The number of hydrogen-bond acceptors (Lipinski definition) is 3. The number of aromatic nitrogens is 1. The summed E-state index contributed by atoms with van der Waals surface area (Å²) in [5, 5.41) is 9.18. The Bertz CT molecular complexity index is 541. The molecule has 1 unspecified atom stereocenters. The minimum absolute atomic E-state index is 0.0524. The van der Waals surface area contributed by atoms with E-state index in [-0.39, 0.29) is 6.61 Å². The molecule has 3 nitrogen and oxygen atoms in total. The summed E-state index contributed by atoms with van der Waals surface area (Å²) in [6, 6.07) is 12.7. The van der Waals surface area contributed by atoms with Crippen LogP contribution in [0.3, 0.4) is 0 Å². The Morgan fingerprint density at radius 2 is 2.05 bits per heavy atom. The normalized spacial score (nSPS) is 18.8. The van der Waals surface area contributed by atoms with Gasteiger partial charge in [0.25, 0.3) is 0 Å². The van der Waals surface area contributed by atoms with Gasteiger partial charge in [-0.2, -0.15) is 0 Å². The van der Waals surface area contributed by atoms with Gasteiger partial charge in [0, 0.05) is 25.2 Å². The first kappa shape index (κ1) is 12.2. The standard InChI is InChI=1S/C16H18N2O/c19-12-13-8-16(10-17-9-13)18-7-6-15(11-18)14-4-2-1-3-5-14/h1-5,8-10,15,19H,6-7,11-12H2. The number of benzene rings is 1. The van der Waals surface area contributed by atoms with Crippen LogP contribution in [-0.4, -0.2) is 23.2 Å². The van der Waals surface area contributed by atoms with E-state index in [1.165, 1.54) is 12.0 Å². The smallest absolute Gasteiger partial charge is 0.0697 e. The zero-order valence-corrected chi connectivity index (χ0v) is 10.9. The molecule has 1 N–H and O–H groups in total. The SMILES string of the molecule is OCc1cncc(N2CCC(c3ccccc3)C2)c1. The van der Waals surface area contributed by atoms with E-state index in [1.807, 2.05) is 12.3 Å². The number of aliphatic hydroxyl groups is 1. The predicted octanol–water partition coefficient (Wildman–Crippen LogP) is 2.57. The van der Waals surface area contributed by atoms with Gasteiger partial charge < -0.3 is 10.0 Å². The predicted molar refractivity (Wildman–Crippen MR) is 76.2 cm³/mol. The van der Waals surface area contributed by atoms with Gasteiger partial charge in [0.15, 0.2) is 0 Å². The van der Waals surface area contributed by atoms with Crippen LogP contribution < -0.4 is 4.90 Å². The van der Waals surface area contributed by atoms with Crippen LogP contribution in [0.15, 0.2) is 48.8 Å². The first-order valence-corrected chi connectivity index (χ1v) is 6.71. The second-order valence-electron chi connectivity index (χ2n) is 5.05. The van der Waals surface area contributed by atoms with E-state index in [9.17, 15) is 5.11 Å². The molecular weight excluding hydrogens is 236 g/mol. The second-order valence-corrected chi connectivity index (χ2v) is 5.05. The van der Waals surface area contributed by atoms with Crippen molar-refractivity contribution in [1.29, 1.82) is 0 Å². The van der Waals surface area contributed by atoms with Crippen LogP contribution in [0.25, 0.3) is 0 Å². The van der Waals surface area contributed by atoms with E-state index in [4.69, 9.17) is 0 Å². The maximum Gasteiger partial charge on any atom is 0.0697 e. The molecule has 0 saturated carbocycles. The van der Waals surface area contributed by atoms with Crippen LogP contribution in [0.1, 0.15) is 23.5 Å². The molecule has 0 aliphatic carbocycles. The fraction of sp³-hybridized carbons (Fsp3) is 0.312. The molecule has 1 fully saturated rings. The zero-order valence-electron chi connectivity index (χ0n) is 10.9. The molecule has 98 valence electrons. The van der Waals surface area contributed by atoms with Crippen molar-refractivity contribution in [3.05, 3.63) is 59.9 Å². The van der Waals surface area contributed by atoms with Crippen molar-refractivity contribution in [2.75, 3.05) is 18.0 Å². The monoisotopic (exact) mass is 254 g/mol. The summed E-state index contributed by atoms with van der Waals surface area (Å²) in [6.07, 6.45) is 4.77. The van der Waals surface area contributed by atoms with Crippen LogP contribution in [-0.2, 0) is 6.61 Å². The minimum Gasteiger partial charge on any atom is -0.392 e. The van der Waals surface area contributed by atoms with Gasteiger partial charge >= 0.3 is 0 Å². The lowest BCUT2D eigenvalue weighted by Crippen LogP contribution is -2.19. The van der Waals surface area contributed by atoms with Crippen LogP contribution in [0.5, 0.6) is 0 Å². The number of hydrogen-bond donors (Lipinski definition) is 1. The van der Waals surface area contributed by atoms with Gasteiger partial charge in [-0.25, -0.2) is 0 Å². The topological polar surface area (TPSA) is 36.4 Å². The molecule has 1 aliphatic rings. The maximum atomic E-state index is 9.18. The molecule has 1 aromatic carbocycles. The molecule has 0 amide bonds. The fourth-order valence-electron chi connectivity index (χ4n) is 2.73. The molecule has 0 bridgehead atoms. The molecule has 19 heavy (non-hydrogen) atoms. The molecule has 1 aliphatic heterocycles. The van der Waals surface area contributed by atoms with Gasteiger partial charge in [0.05, 0.1) is 18.5 Å². The van der Waals surface area contributed by atoms with Crippen LogP contribution in [0.2, 0.25) is 0 Å². The number of pyridine rings is 1. The first-order chi connectivity index (χ1) is 9.36. The number of nitrogens with zero attached hydrogens (tertiary/aromatic N) is 2. The van der Waals surface area contributed by atoms with Gasteiger partial charge in [0.1, 0.15) is 0 Å². The highest BCUT2D eigenvalue weighted by atomic mass is 16.3. The second kappa shape index (κ2) is 5.41. The Morgan fingerprint density at radius 1 is 1.21 bits per heavy atom. The summed E-state index contributed by atoms with van der Waals surface area (Å²) in [4.78, 5) is 6.55. The van der Waals surface area contributed by atoms with Crippen LogP contribution in [0, 0.1) is 0 Å². The van der Waals surface area contributed by atoms with Crippen LogP contribution >= 0.6 is 0 Å². The van der Waals surface area contributed by atoms with Crippen molar-refractivity contribution in [2.45, 2.75) is 18.9 Å². The highest BCUT2D eigenvalue weighted by Gasteiger charge is 2.24. The summed E-state index contributed by atoms with van der Waals surface area (Å²) in [6.45, 7) is 2.13. The zero-order chi connectivity index (χ0) is 13.1. The van der Waals surface area contributed by atoms with Crippen molar-refractivity contribution in [3.8, 4) is 0 Å². The highest BCUT2D eigenvalue weighted by Crippen LogP contribution is 2.30. The van der Waals surface area contributed by atoms with Gasteiger partial charge in [0.2, 0.25) is 0 Å². The molecule has 1 atom stereocenters. The Labute approximate surface area is 113 Å². The lowest BCUT2D eigenvalue weighted by molar-refractivity contribution is 0.281. The Morgan fingerprint density at radius 3 is 2.84 bits per heavy atom. The first-order valence-electron chi connectivity index (χ1n) is 6.71. The van der Waals surface area contributed by atoms with E-state index in [2.05, 4.69) is 40.2 Å². The van der Waals surface area contributed by atoms with Crippen molar-refractivity contribution in [2.24, 2.45) is 0 Å². The van der Waals surface area contributed by atoms with Crippen LogP contribution in [0.4, 0.5) is 5.69 Å². The lowest BCUT2D eigenvalue weighted by atomic mass is 9.99. The van der Waals surface area contributed by atoms with E-state index in [0.29, 0.717) is 5.92 Å². The highest BCUT2D eigenvalue weighted by molar-refractivity contribution is 5.48. The molecule has 3 rings (SSSR count). The number of rotatable bonds is 3. The van der Waals surface area contributed by atoms with Gasteiger partial charge in [-0.05, 0) is 23.6 Å². The molecule has 0 radical (unpaired) electrons. The van der Waals surface area contributed by atoms with Gasteiger partial charge in [-0.3, -0.25) is 4.98 Å². The summed E-state index contributed by atoms with van der Waals surface area (Å²) < 4.78 is 0. The summed E-state index contributed by atoms with van der Waals surface area (Å²) in [7, 11) is 0. The van der Waals surface area contributed by atoms with E-state index < -0.39 is 0 Å². The molecular formula is C16H18N2O. The van der Waals surface area contributed by atoms with Gasteiger partial charge in [-0.15, -0.1) is 0 Å². The summed E-state index contributed by atoms with van der Waals surface area (Å²) in [5.41, 5.74) is 3.40. The lowest BCUT2D eigenvalue weighted by Gasteiger charge is -2.19. The minimum atomic E-state index is 0.0524. The Balaban J connectivity index is 1.75. The largest absolute Gasteiger partial charge is 0.392 e. The third kappa shape index (κ3) is 2.61. The summed E-state index contributed by atoms with van der Waals surface area (Å²) >= 11 is 0.